The number of carboxylic acids is 1. The molecule has 1 amide bonds. The van der Waals surface area contributed by atoms with Gasteiger partial charge in [-0.3, -0.25) is 9.69 Å². The van der Waals surface area contributed by atoms with Crippen LogP contribution in [-0.2, 0) is 11.2 Å². The van der Waals surface area contributed by atoms with Crippen LogP contribution in [0.4, 0.5) is 5.69 Å². The molecule has 0 atom stereocenters. The molecule has 1 aliphatic heterocycles. The van der Waals surface area contributed by atoms with Crippen molar-refractivity contribution in [3.8, 4) is 0 Å². The quantitative estimate of drug-likeness (QED) is 0.615. The molecule has 0 aromatic heterocycles. The summed E-state index contributed by atoms with van der Waals surface area (Å²) >= 11 is 6.73. The van der Waals surface area contributed by atoms with E-state index in [9.17, 15) is 9.59 Å². The molecule has 2 aromatic carbocycles. The predicted molar refractivity (Wildman–Crippen MR) is 110 cm³/mol. The van der Waals surface area contributed by atoms with Crippen LogP contribution in [0.2, 0.25) is 0 Å². The number of carbonyl (C=O) groups excluding carboxylic acids is 1. The standard InChI is InChI=1S/C20H17NO3S2/c1-3-14-6-4-5-12(2)17(14)21-18(22)16(26-20(21)25)11-13-7-9-15(10-8-13)19(23)24/h4-11H,3H2,1-2H3,(H,23,24)/b16-11-. The van der Waals surface area contributed by atoms with E-state index in [0.717, 1.165) is 28.8 Å². The molecular weight excluding hydrogens is 366 g/mol. The van der Waals surface area contributed by atoms with Crippen LogP contribution in [-0.4, -0.2) is 21.3 Å². The molecule has 1 aliphatic rings. The lowest BCUT2D eigenvalue weighted by molar-refractivity contribution is -0.113. The van der Waals surface area contributed by atoms with Crippen LogP contribution in [0.1, 0.15) is 34.0 Å². The van der Waals surface area contributed by atoms with E-state index < -0.39 is 5.97 Å². The number of rotatable bonds is 4. The third-order valence-corrected chi connectivity index (χ3v) is 5.48. The fourth-order valence-corrected chi connectivity index (χ4v) is 4.13. The van der Waals surface area contributed by atoms with Crippen LogP contribution in [0.15, 0.2) is 47.4 Å². The monoisotopic (exact) mass is 383 g/mol. The highest BCUT2D eigenvalue weighted by Gasteiger charge is 2.35. The van der Waals surface area contributed by atoms with Gasteiger partial charge in [0.25, 0.3) is 5.91 Å². The molecule has 0 saturated carbocycles. The summed E-state index contributed by atoms with van der Waals surface area (Å²) in [5.74, 6) is -1.12. The van der Waals surface area contributed by atoms with E-state index in [1.54, 1.807) is 23.1 Å². The number of nitrogens with zero attached hydrogens (tertiary/aromatic N) is 1. The zero-order valence-electron chi connectivity index (χ0n) is 14.4. The van der Waals surface area contributed by atoms with Crippen molar-refractivity contribution in [3.05, 3.63) is 69.6 Å². The Morgan fingerprint density at radius 3 is 2.54 bits per heavy atom. The molecule has 0 unspecified atom stereocenters. The van der Waals surface area contributed by atoms with Crippen molar-refractivity contribution in [2.24, 2.45) is 0 Å². The Morgan fingerprint density at radius 1 is 1.23 bits per heavy atom. The topological polar surface area (TPSA) is 57.6 Å². The highest BCUT2D eigenvalue weighted by molar-refractivity contribution is 8.27. The number of carboxylic acid groups (broad SMARTS) is 1. The van der Waals surface area contributed by atoms with Crippen molar-refractivity contribution in [2.75, 3.05) is 4.90 Å². The van der Waals surface area contributed by atoms with Crippen LogP contribution in [0, 0.1) is 6.92 Å². The summed E-state index contributed by atoms with van der Waals surface area (Å²) in [6.07, 6.45) is 2.55. The van der Waals surface area contributed by atoms with E-state index in [0.29, 0.717) is 9.23 Å². The third-order valence-electron chi connectivity index (χ3n) is 4.17. The van der Waals surface area contributed by atoms with Gasteiger partial charge in [-0.1, -0.05) is 61.2 Å². The van der Waals surface area contributed by atoms with Crippen molar-refractivity contribution in [3.63, 3.8) is 0 Å². The van der Waals surface area contributed by atoms with Gasteiger partial charge in [0.15, 0.2) is 4.32 Å². The minimum Gasteiger partial charge on any atom is -0.478 e. The van der Waals surface area contributed by atoms with Crippen LogP contribution in [0.25, 0.3) is 6.08 Å². The maximum absolute atomic E-state index is 13.0. The summed E-state index contributed by atoms with van der Waals surface area (Å²) in [4.78, 5) is 26.1. The Labute approximate surface area is 161 Å². The number of thiocarbonyl (C=S) groups is 1. The van der Waals surface area contributed by atoms with Crippen LogP contribution >= 0.6 is 24.0 Å². The van der Waals surface area contributed by atoms with Gasteiger partial charge in [0.05, 0.1) is 16.2 Å². The van der Waals surface area contributed by atoms with Gasteiger partial charge in [-0.2, -0.15) is 0 Å². The Hall–Kier alpha value is -2.44. The average molecular weight is 383 g/mol. The largest absolute Gasteiger partial charge is 0.478 e. The first-order valence-corrected chi connectivity index (χ1v) is 9.34. The lowest BCUT2D eigenvalue weighted by atomic mass is 10.0. The molecule has 26 heavy (non-hydrogen) atoms. The van der Waals surface area contributed by atoms with Gasteiger partial charge >= 0.3 is 5.97 Å². The van der Waals surface area contributed by atoms with Gasteiger partial charge in [-0.05, 0) is 48.2 Å². The Balaban J connectivity index is 1.96. The predicted octanol–water partition coefficient (Wildman–Crippen LogP) is 4.66. The maximum Gasteiger partial charge on any atom is 0.335 e. The molecule has 0 radical (unpaired) electrons. The summed E-state index contributed by atoms with van der Waals surface area (Å²) < 4.78 is 0.507. The number of aryl methyl sites for hydroxylation is 2. The molecule has 1 saturated heterocycles. The fourth-order valence-electron chi connectivity index (χ4n) is 2.86. The van der Waals surface area contributed by atoms with E-state index in [1.165, 1.54) is 23.9 Å². The van der Waals surface area contributed by atoms with Crippen molar-refractivity contribution < 1.29 is 14.7 Å². The second kappa shape index (κ2) is 7.43. The molecule has 1 heterocycles. The van der Waals surface area contributed by atoms with E-state index >= 15 is 0 Å². The summed E-state index contributed by atoms with van der Waals surface area (Å²) in [6.45, 7) is 4.02. The van der Waals surface area contributed by atoms with Crippen LogP contribution < -0.4 is 4.90 Å². The third kappa shape index (κ3) is 3.43. The van der Waals surface area contributed by atoms with Crippen LogP contribution in [0.5, 0.6) is 0 Å². The molecule has 1 N–H and O–H groups in total. The number of thioether (sulfide) groups is 1. The first-order chi connectivity index (χ1) is 12.4. The highest BCUT2D eigenvalue weighted by atomic mass is 32.2. The maximum atomic E-state index is 13.0. The number of anilines is 1. The first kappa shape index (κ1) is 18.4. The second-order valence-corrected chi connectivity index (χ2v) is 7.56. The van der Waals surface area contributed by atoms with Gasteiger partial charge in [-0.25, -0.2) is 4.79 Å². The average Bonchev–Trinajstić information content (AvgIpc) is 2.89. The number of hydrogen-bond acceptors (Lipinski definition) is 4. The first-order valence-electron chi connectivity index (χ1n) is 8.12. The van der Waals surface area contributed by atoms with Crippen molar-refractivity contribution >= 4 is 51.9 Å². The Bertz CT molecular complexity index is 933. The minimum atomic E-state index is -0.977. The molecule has 0 aliphatic carbocycles. The molecule has 2 aromatic rings. The molecule has 0 bridgehead atoms. The van der Waals surface area contributed by atoms with Gasteiger partial charge in [0.1, 0.15) is 0 Å². The molecule has 0 spiro atoms. The van der Waals surface area contributed by atoms with E-state index in [4.69, 9.17) is 17.3 Å². The van der Waals surface area contributed by atoms with Gasteiger partial charge < -0.3 is 5.11 Å². The highest BCUT2D eigenvalue weighted by Crippen LogP contribution is 2.39. The zero-order valence-corrected chi connectivity index (χ0v) is 16.0. The molecule has 1 fully saturated rings. The van der Waals surface area contributed by atoms with Gasteiger partial charge in [0.2, 0.25) is 0 Å². The smallest absolute Gasteiger partial charge is 0.335 e. The van der Waals surface area contributed by atoms with E-state index in [1.807, 2.05) is 25.1 Å². The molecule has 6 heteroatoms. The van der Waals surface area contributed by atoms with E-state index in [2.05, 4.69) is 6.92 Å². The number of para-hydroxylation sites is 1. The number of carbonyl (C=O) groups is 2. The summed E-state index contributed by atoms with van der Waals surface area (Å²) in [5.41, 5.74) is 3.92. The fraction of sp³-hybridized carbons (Fsp3) is 0.150. The van der Waals surface area contributed by atoms with Crippen molar-refractivity contribution in [2.45, 2.75) is 20.3 Å². The molecule has 132 valence electrons. The lowest BCUT2D eigenvalue weighted by Crippen LogP contribution is -2.29. The normalized spacial score (nSPS) is 15.8. The zero-order chi connectivity index (χ0) is 18.8. The van der Waals surface area contributed by atoms with Crippen molar-refractivity contribution in [1.29, 1.82) is 0 Å². The Morgan fingerprint density at radius 2 is 1.92 bits per heavy atom. The number of hydrogen-bond donors (Lipinski definition) is 1. The van der Waals surface area contributed by atoms with Crippen molar-refractivity contribution in [1.82, 2.24) is 0 Å². The molecular formula is C20H17NO3S2. The summed E-state index contributed by atoms with van der Waals surface area (Å²) in [5, 5.41) is 8.98. The lowest BCUT2D eigenvalue weighted by Gasteiger charge is -2.20. The molecule has 3 rings (SSSR count). The van der Waals surface area contributed by atoms with E-state index in [-0.39, 0.29) is 11.5 Å². The number of amides is 1. The van der Waals surface area contributed by atoms with Crippen LogP contribution in [0.3, 0.4) is 0 Å². The molecule has 4 nitrogen and oxygen atoms in total. The minimum absolute atomic E-state index is 0.147. The number of aromatic carboxylic acids is 1. The summed E-state index contributed by atoms with van der Waals surface area (Å²) in [6, 6.07) is 12.4. The van der Waals surface area contributed by atoms with Gasteiger partial charge in [-0.15, -0.1) is 0 Å². The number of benzene rings is 2. The SMILES string of the molecule is CCc1cccc(C)c1N1C(=O)/C(=C/c2ccc(C(=O)O)cc2)SC1=S. The second-order valence-electron chi connectivity index (χ2n) is 5.88. The summed E-state index contributed by atoms with van der Waals surface area (Å²) in [7, 11) is 0. The van der Waals surface area contributed by atoms with Gasteiger partial charge in [0, 0.05) is 0 Å². The Kier molecular flexibility index (Phi) is 5.25.